The topological polar surface area (TPSA) is 26.2 Å². The smallest absolute Gasteiger partial charge is 0.143 e. The van der Waals surface area contributed by atoms with Gasteiger partial charge in [-0.05, 0) is 37.7 Å². The lowest BCUT2D eigenvalue weighted by Crippen LogP contribution is -2.08. The van der Waals surface area contributed by atoms with Gasteiger partial charge in [0.2, 0.25) is 0 Å². The molecule has 0 unspecified atom stereocenters. The van der Waals surface area contributed by atoms with Crippen molar-refractivity contribution in [3.8, 4) is 5.75 Å². The molecular weight excluding hydrogens is 200 g/mol. The van der Waals surface area contributed by atoms with Crippen LogP contribution in [-0.4, -0.2) is 18.7 Å². The van der Waals surface area contributed by atoms with E-state index in [9.17, 15) is 0 Å². The normalized spacial score (nSPS) is 11.0. The standard InChI is InChI=1S/C13H18N2O/c1-9-5-10-7-11(8-14-2)15(3)13(10)12(6-9)16-4/h5-7,14H,8H2,1-4H3. The molecule has 16 heavy (non-hydrogen) atoms. The van der Waals surface area contributed by atoms with Crippen molar-refractivity contribution in [2.75, 3.05) is 14.2 Å². The number of nitrogens with zero attached hydrogens (tertiary/aromatic N) is 1. The minimum Gasteiger partial charge on any atom is -0.495 e. The molecule has 2 aromatic rings. The van der Waals surface area contributed by atoms with Gasteiger partial charge in [0.1, 0.15) is 5.75 Å². The van der Waals surface area contributed by atoms with Crippen LogP contribution in [0.25, 0.3) is 10.9 Å². The van der Waals surface area contributed by atoms with E-state index >= 15 is 0 Å². The Kier molecular flexibility index (Phi) is 2.88. The highest BCUT2D eigenvalue weighted by Crippen LogP contribution is 2.29. The van der Waals surface area contributed by atoms with Gasteiger partial charge in [-0.15, -0.1) is 0 Å². The van der Waals surface area contributed by atoms with Crippen LogP contribution in [0.1, 0.15) is 11.3 Å². The second kappa shape index (κ2) is 4.18. The number of aryl methyl sites for hydroxylation is 2. The molecule has 86 valence electrons. The van der Waals surface area contributed by atoms with Crippen molar-refractivity contribution >= 4 is 10.9 Å². The fourth-order valence-electron chi connectivity index (χ4n) is 2.17. The summed E-state index contributed by atoms with van der Waals surface area (Å²) in [4.78, 5) is 0. The van der Waals surface area contributed by atoms with Crippen LogP contribution in [0.5, 0.6) is 5.75 Å². The number of methoxy groups -OCH3 is 1. The number of rotatable bonds is 3. The van der Waals surface area contributed by atoms with E-state index in [2.05, 4.69) is 42.1 Å². The fraction of sp³-hybridized carbons (Fsp3) is 0.385. The molecule has 3 nitrogen and oxygen atoms in total. The van der Waals surface area contributed by atoms with Gasteiger partial charge in [0.25, 0.3) is 0 Å². The number of hydrogen-bond acceptors (Lipinski definition) is 2. The molecule has 0 bridgehead atoms. The van der Waals surface area contributed by atoms with E-state index in [1.807, 2.05) is 7.05 Å². The van der Waals surface area contributed by atoms with E-state index < -0.39 is 0 Å². The summed E-state index contributed by atoms with van der Waals surface area (Å²) in [5.41, 5.74) is 3.66. The van der Waals surface area contributed by atoms with Gasteiger partial charge < -0.3 is 14.6 Å². The third kappa shape index (κ3) is 1.67. The number of benzene rings is 1. The van der Waals surface area contributed by atoms with Crippen molar-refractivity contribution in [3.63, 3.8) is 0 Å². The maximum Gasteiger partial charge on any atom is 0.143 e. The Balaban J connectivity index is 2.70. The van der Waals surface area contributed by atoms with E-state index in [0.29, 0.717) is 0 Å². The SMILES string of the molecule is CNCc1cc2cc(C)cc(OC)c2n1C. The van der Waals surface area contributed by atoms with E-state index in [0.717, 1.165) is 12.3 Å². The summed E-state index contributed by atoms with van der Waals surface area (Å²) >= 11 is 0. The average molecular weight is 218 g/mol. The van der Waals surface area contributed by atoms with Crippen LogP contribution < -0.4 is 10.1 Å². The fourth-order valence-corrected chi connectivity index (χ4v) is 2.17. The minimum absolute atomic E-state index is 0.868. The molecule has 1 aromatic carbocycles. The lowest BCUT2D eigenvalue weighted by molar-refractivity contribution is 0.417. The lowest BCUT2D eigenvalue weighted by Gasteiger charge is -2.08. The van der Waals surface area contributed by atoms with Gasteiger partial charge in [-0.1, -0.05) is 0 Å². The first-order chi connectivity index (χ1) is 7.67. The summed E-state index contributed by atoms with van der Waals surface area (Å²) in [6.45, 7) is 2.96. The molecular formula is C13H18N2O. The average Bonchev–Trinajstić information content (AvgIpc) is 2.55. The van der Waals surface area contributed by atoms with Gasteiger partial charge >= 0.3 is 0 Å². The molecule has 3 heteroatoms. The Hall–Kier alpha value is -1.48. The third-order valence-corrected chi connectivity index (χ3v) is 2.91. The third-order valence-electron chi connectivity index (χ3n) is 2.91. The predicted molar refractivity (Wildman–Crippen MR) is 67.0 cm³/mol. The molecule has 0 amide bonds. The van der Waals surface area contributed by atoms with Gasteiger partial charge in [-0.2, -0.15) is 0 Å². The van der Waals surface area contributed by atoms with Crippen LogP contribution in [0, 0.1) is 6.92 Å². The second-order valence-corrected chi connectivity index (χ2v) is 4.13. The number of nitrogens with one attached hydrogen (secondary N) is 1. The summed E-state index contributed by atoms with van der Waals surface area (Å²) in [6, 6.07) is 6.48. The van der Waals surface area contributed by atoms with Crippen molar-refractivity contribution in [2.24, 2.45) is 7.05 Å². The molecule has 1 heterocycles. The predicted octanol–water partition coefficient (Wildman–Crippen LogP) is 2.21. The van der Waals surface area contributed by atoms with E-state index in [4.69, 9.17) is 4.74 Å². The quantitative estimate of drug-likeness (QED) is 0.855. The van der Waals surface area contributed by atoms with E-state index in [1.54, 1.807) is 7.11 Å². The molecule has 0 radical (unpaired) electrons. The van der Waals surface area contributed by atoms with Crippen LogP contribution in [0.2, 0.25) is 0 Å². The molecule has 0 saturated heterocycles. The molecule has 0 aliphatic heterocycles. The number of ether oxygens (including phenoxy) is 1. The highest BCUT2D eigenvalue weighted by atomic mass is 16.5. The largest absolute Gasteiger partial charge is 0.495 e. The van der Waals surface area contributed by atoms with Crippen molar-refractivity contribution in [3.05, 3.63) is 29.5 Å². The first-order valence-corrected chi connectivity index (χ1v) is 5.45. The Bertz CT molecular complexity index is 514. The molecule has 0 spiro atoms. The Morgan fingerprint density at radius 1 is 1.31 bits per heavy atom. The molecule has 0 aliphatic carbocycles. The molecule has 1 aromatic heterocycles. The molecule has 0 atom stereocenters. The van der Waals surface area contributed by atoms with Crippen LogP contribution in [-0.2, 0) is 13.6 Å². The summed E-state index contributed by atoms with van der Waals surface area (Å²) < 4.78 is 7.62. The van der Waals surface area contributed by atoms with Crippen molar-refractivity contribution < 1.29 is 4.74 Å². The zero-order chi connectivity index (χ0) is 11.7. The van der Waals surface area contributed by atoms with Crippen molar-refractivity contribution in [1.82, 2.24) is 9.88 Å². The Morgan fingerprint density at radius 2 is 2.06 bits per heavy atom. The summed E-state index contributed by atoms with van der Waals surface area (Å²) in [6.07, 6.45) is 0. The van der Waals surface area contributed by atoms with Crippen LogP contribution in [0.4, 0.5) is 0 Å². The molecule has 0 saturated carbocycles. The monoisotopic (exact) mass is 218 g/mol. The second-order valence-electron chi connectivity index (χ2n) is 4.13. The van der Waals surface area contributed by atoms with Crippen molar-refractivity contribution in [1.29, 1.82) is 0 Å². The summed E-state index contributed by atoms with van der Waals surface area (Å²) in [7, 11) is 5.76. The van der Waals surface area contributed by atoms with Gasteiger partial charge in [0.15, 0.2) is 0 Å². The van der Waals surface area contributed by atoms with E-state index in [1.165, 1.54) is 22.2 Å². The highest BCUT2D eigenvalue weighted by molar-refractivity contribution is 5.87. The first kappa shape index (κ1) is 11.0. The van der Waals surface area contributed by atoms with Crippen LogP contribution in [0.3, 0.4) is 0 Å². The molecule has 0 aliphatic rings. The van der Waals surface area contributed by atoms with Crippen molar-refractivity contribution in [2.45, 2.75) is 13.5 Å². The zero-order valence-corrected chi connectivity index (χ0v) is 10.3. The maximum absolute atomic E-state index is 5.44. The maximum atomic E-state index is 5.44. The van der Waals surface area contributed by atoms with Gasteiger partial charge in [-0.3, -0.25) is 0 Å². The van der Waals surface area contributed by atoms with E-state index in [-0.39, 0.29) is 0 Å². The van der Waals surface area contributed by atoms with Crippen LogP contribution in [0.15, 0.2) is 18.2 Å². The Labute approximate surface area is 96.0 Å². The Morgan fingerprint density at radius 3 is 2.69 bits per heavy atom. The summed E-state index contributed by atoms with van der Waals surface area (Å²) in [5.74, 6) is 0.944. The number of fused-ring (bicyclic) bond motifs is 1. The zero-order valence-electron chi connectivity index (χ0n) is 10.3. The molecule has 0 fully saturated rings. The van der Waals surface area contributed by atoms with Crippen LogP contribution >= 0.6 is 0 Å². The molecule has 1 N–H and O–H groups in total. The van der Waals surface area contributed by atoms with Gasteiger partial charge in [0.05, 0.1) is 12.6 Å². The van der Waals surface area contributed by atoms with Gasteiger partial charge in [0, 0.05) is 24.7 Å². The summed E-state index contributed by atoms with van der Waals surface area (Å²) in [5, 5.41) is 4.42. The van der Waals surface area contributed by atoms with Gasteiger partial charge in [-0.25, -0.2) is 0 Å². The highest BCUT2D eigenvalue weighted by Gasteiger charge is 2.10. The minimum atomic E-state index is 0.868. The lowest BCUT2D eigenvalue weighted by atomic mass is 10.1. The first-order valence-electron chi connectivity index (χ1n) is 5.45. The number of aromatic nitrogens is 1. The number of hydrogen-bond donors (Lipinski definition) is 1. The molecule has 2 rings (SSSR count).